The monoisotopic (exact) mass is 585 g/mol. The molecule has 0 bridgehead atoms. The van der Waals surface area contributed by atoms with Crippen LogP contribution in [0.3, 0.4) is 0 Å². The standard InChI is InChI=1S/C44H43N/c1-3-44(4-2,45-40-31-29-36(30-32-40)35-18-10-6-11-19-35)43-23-15-14-22-42(43)39-27-25-38(26-28-39)41(37-20-12-7-13-21-37)33-24-34-16-8-5-9-17-34/h5-23,25,27-32,45H,3-4,24,26,33H2,1-2H3. The molecular formula is C44H43N. The molecule has 1 heteroatoms. The van der Waals surface area contributed by atoms with Crippen molar-refractivity contribution in [3.63, 3.8) is 0 Å². The number of rotatable bonds is 11. The Morgan fingerprint density at radius 3 is 1.87 bits per heavy atom. The first-order valence-electron chi connectivity index (χ1n) is 16.4. The minimum absolute atomic E-state index is 0.180. The summed E-state index contributed by atoms with van der Waals surface area (Å²) in [5, 5.41) is 3.99. The van der Waals surface area contributed by atoms with Crippen LogP contribution in [-0.2, 0) is 12.0 Å². The van der Waals surface area contributed by atoms with E-state index in [1.807, 2.05) is 0 Å². The van der Waals surface area contributed by atoms with E-state index in [1.165, 1.54) is 50.1 Å². The average Bonchev–Trinajstić information content (AvgIpc) is 3.13. The molecule has 45 heavy (non-hydrogen) atoms. The lowest BCUT2D eigenvalue weighted by atomic mass is 9.78. The minimum Gasteiger partial charge on any atom is -0.376 e. The van der Waals surface area contributed by atoms with E-state index in [-0.39, 0.29) is 5.54 Å². The predicted molar refractivity (Wildman–Crippen MR) is 194 cm³/mol. The normalized spacial score (nSPS) is 14.1. The summed E-state index contributed by atoms with van der Waals surface area (Å²) in [5.74, 6) is 0. The Balaban J connectivity index is 1.28. The van der Waals surface area contributed by atoms with Crippen LogP contribution in [0.2, 0.25) is 0 Å². The molecule has 6 rings (SSSR count). The van der Waals surface area contributed by atoms with Crippen LogP contribution in [0.25, 0.3) is 22.3 Å². The second-order valence-corrected chi connectivity index (χ2v) is 12.0. The lowest BCUT2D eigenvalue weighted by Crippen LogP contribution is -2.35. The molecule has 0 spiro atoms. The van der Waals surface area contributed by atoms with E-state index in [0.29, 0.717) is 0 Å². The third-order valence-corrected chi connectivity index (χ3v) is 9.36. The molecule has 5 aromatic rings. The Labute approximate surface area is 269 Å². The van der Waals surface area contributed by atoms with Crippen molar-refractivity contribution in [1.29, 1.82) is 0 Å². The SMILES string of the molecule is CCC(CC)(Nc1ccc(-c2ccccc2)cc1)c1ccccc1C1=CCC(=C(CCc2ccccc2)c2ccccc2)C=C1. The fraction of sp³-hybridized carbons (Fsp3) is 0.182. The van der Waals surface area contributed by atoms with Crippen LogP contribution in [-0.4, -0.2) is 0 Å². The molecule has 0 aliphatic heterocycles. The second kappa shape index (κ2) is 14.3. The maximum atomic E-state index is 3.99. The maximum Gasteiger partial charge on any atom is 0.0626 e. The van der Waals surface area contributed by atoms with Crippen LogP contribution in [0, 0.1) is 0 Å². The first kappa shape index (κ1) is 30.2. The van der Waals surface area contributed by atoms with Crippen molar-refractivity contribution in [1.82, 2.24) is 0 Å². The summed E-state index contributed by atoms with van der Waals surface area (Å²) in [6.45, 7) is 4.60. The highest BCUT2D eigenvalue weighted by molar-refractivity contribution is 5.82. The van der Waals surface area contributed by atoms with Gasteiger partial charge in [-0.05, 0) is 94.3 Å². The molecule has 0 unspecified atom stereocenters. The Morgan fingerprint density at radius 1 is 0.622 bits per heavy atom. The number of allylic oxidation sites excluding steroid dienone is 6. The van der Waals surface area contributed by atoms with Gasteiger partial charge in [-0.1, -0.05) is 159 Å². The fourth-order valence-electron chi connectivity index (χ4n) is 6.69. The van der Waals surface area contributed by atoms with Gasteiger partial charge in [-0.25, -0.2) is 0 Å². The summed E-state index contributed by atoms with van der Waals surface area (Å²) >= 11 is 0. The molecular weight excluding hydrogens is 542 g/mol. The molecule has 0 fully saturated rings. The van der Waals surface area contributed by atoms with Crippen molar-refractivity contribution in [2.45, 2.75) is 51.5 Å². The first-order valence-corrected chi connectivity index (χ1v) is 16.4. The Morgan fingerprint density at radius 2 is 1.22 bits per heavy atom. The van der Waals surface area contributed by atoms with E-state index in [0.717, 1.165) is 37.8 Å². The van der Waals surface area contributed by atoms with Crippen LogP contribution in [0.15, 0.2) is 163 Å². The highest BCUT2D eigenvalue weighted by Crippen LogP contribution is 2.40. The Kier molecular flexibility index (Phi) is 9.56. The number of anilines is 1. The van der Waals surface area contributed by atoms with Gasteiger partial charge in [-0.2, -0.15) is 0 Å². The van der Waals surface area contributed by atoms with Crippen molar-refractivity contribution in [2.24, 2.45) is 0 Å². The molecule has 1 nitrogen and oxygen atoms in total. The zero-order valence-corrected chi connectivity index (χ0v) is 26.5. The van der Waals surface area contributed by atoms with Crippen LogP contribution >= 0.6 is 0 Å². The van der Waals surface area contributed by atoms with E-state index >= 15 is 0 Å². The molecule has 1 aliphatic carbocycles. The minimum atomic E-state index is -0.180. The van der Waals surface area contributed by atoms with Crippen LogP contribution in [0.4, 0.5) is 5.69 Å². The number of hydrogen-bond acceptors (Lipinski definition) is 1. The van der Waals surface area contributed by atoms with E-state index in [9.17, 15) is 0 Å². The fourth-order valence-corrected chi connectivity index (χ4v) is 6.69. The smallest absolute Gasteiger partial charge is 0.0626 e. The van der Waals surface area contributed by atoms with Gasteiger partial charge in [0, 0.05) is 5.69 Å². The molecule has 0 saturated carbocycles. The van der Waals surface area contributed by atoms with Gasteiger partial charge in [-0.15, -0.1) is 0 Å². The number of aryl methyl sites for hydroxylation is 1. The molecule has 1 aliphatic rings. The quantitative estimate of drug-likeness (QED) is 0.163. The summed E-state index contributed by atoms with van der Waals surface area (Å²) in [7, 11) is 0. The summed E-state index contributed by atoms with van der Waals surface area (Å²) in [4.78, 5) is 0. The van der Waals surface area contributed by atoms with Crippen LogP contribution in [0.1, 0.15) is 61.8 Å². The van der Waals surface area contributed by atoms with E-state index in [1.54, 1.807) is 0 Å². The maximum absolute atomic E-state index is 3.99. The lowest BCUT2D eigenvalue weighted by Gasteiger charge is -2.37. The van der Waals surface area contributed by atoms with Gasteiger partial charge in [0.15, 0.2) is 0 Å². The number of benzene rings is 5. The van der Waals surface area contributed by atoms with Gasteiger partial charge in [0.05, 0.1) is 5.54 Å². The molecule has 0 radical (unpaired) electrons. The van der Waals surface area contributed by atoms with E-state index in [2.05, 4.69) is 177 Å². The third kappa shape index (κ3) is 6.94. The van der Waals surface area contributed by atoms with Gasteiger partial charge >= 0.3 is 0 Å². The van der Waals surface area contributed by atoms with Gasteiger partial charge in [0.1, 0.15) is 0 Å². The Bertz CT molecular complexity index is 1770. The molecule has 224 valence electrons. The predicted octanol–water partition coefficient (Wildman–Crippen LogP) is 11.9. The van der Waals surface area contributed by atoms with Crippen molar-refractivity contribution >= 4 is 16.8 Å². The zero-order chi connectivity index (χ0) is 30.9. The molecule has 1 N–H and O–H groups in total. The summed E-state index contributed by atoms with van der Waals surface area (Å²) in [6, 6.07) is 50.2. The van der Waals surface area contributed by atoms with Crippen molar-refractivity contribution in [3.8, 4) is 11.1 Å². The molecule has 0 aromatic heterocycles. The third-order valence-electron chi connectivity index (χ3n) is 9.36. The lowest BCUT2D eigenvalue weighted by molar-refractivity contribution is 0.454. The molecule has 0 saturated heterocycles. The van der Waals surface area contributed by atoms with E-state index in [4.69, 9.17) is 0 Å². The summed E-state index contributed by atoms with van der Waals surface area (Å²) in [5.41, 5.74) is 13.0. The first-order chi connectivity index (χ1) is 22.2. The molecule has 0 amide bonds. The molecule has 0 heterocycles. The van der Waals surface area contributed by atoms with Gasteiger partial charge in [0.2, 0.25) is 0 Å². The van der Waals surface area contributed by atoms with Gasteiger partial charge in [0.25, 0.3) is 0 Å². The van der Waals surface area contributed by atoms with E-state index < -0.39 is 0 Å². The second-order valence-electron chi connectivity index (χ2n) is 12.0. The highest BCUT2D eigenvalue weighted by atomic mass is 15.0. The van der Waals surface area contributed by atoms with Crippen LogP contribution in [0.5, 0.6) is 0 Å². The van der Waals surface area contributed by atoms with Crippen LogP contribution < -0.4 is 5.32 Å². The van der Waals surface area contributed by atoms with Crippen molar-refractivity contribution in [3.05, 3.63) is 186 Å². The van der Waals surface area contributed by atoms with Crippen molar-refractivity contribution in [2.75, 3.05) is 5.32 Å². The zero-order valence-electron chi connectivity index (χ0n) is 26.5. The number of hydrogen-bond donors (Lipinski definition) is 1. The Hall–Kier alpha value is -4.88. The largest absolute Gasteiger partial charge is 0.376 e. The van der Waals surface area contributed by atoms with Crippen molar-refractivity contribution < 1.29 is 0 Å². The van der Waals surface area contributed by atoms with Gasteiger partial charge in [-0.3, -0.25) is 0 Å². The topological polar surface area (TPSA) is 12.0 Å². The number of nitrogens with one attached hydrogen (secondary N) is 1. The molecule has 0 atom stereocenters. The van der Waals surface area contributed by atoms with Gasteiger partial charge < -0.3 is 5.32 Å². The summed E-state index contributed by atoms with van der Waals surface area (Å²) in [6.07, 6.45) is 12.1. The average molecular weight is 586 g/mol. The molecule has 5 aromatic carbocycles. The highest BCUT2D eigenvalue weighted by Gasteiger charge is 2.31. The summed E-state index contributed by atoms with van der Waals surface area (Å²) < 4.78 is 0.